The lowest BCUT2D eigenvalue weighted by molar-refractivity contribution is 0.214. The summed E-state index contributed by atoms with van der Waals surface area (Å²) in [5, 5.41) is 2.92. The fourth-order valence-electron chi connectivity index (χ4n) is 1.36. The standard InChI is InChI=1S/C12H17BrN2O/c1-9(14-12(16)15(2)3)8-10-4-6-11(13)7-5-10/h4-7,9H,8H2,1-3H3,(H,14,16). The number of amides is 2. The van der Waals surface area contributed by atoms with Crippen LogP contribution >= 0.6 is 15.9 Å². The van der Waals surface area contributed by atoms with Crippen LogP contribution in [0.25, 0.3) is 0 Å². The van der Waals surface area contributed by atoms with Gasteiger partial charge in [-0.3, -0.25) is 0 Å². The van der Waals surface area contributed by atoms with Crippen molar-refractivity contribution >= 4 is 22.0 Å². The summed E-state index contributed by atoms with van der Waals surface area (Å²) in [6, 6.07) is 8.22. The monoisotopic (exact) mass is 284 g/mol. The van der Waals surface area contributed by atoms with Gasteiger partial charge in [-0.2, -0.15) is 0 Å². The van der Waals surface area contributed by atoms with Gasteiger partial charge in [-0.05, 0) is 31.0 Å². The third-order valence-electron chi connectivity index (χ3n) is 2.23. The molecule has 0 saturated carbocycles. The molecule has 1 rings (SSSR count). The average Bonchev–Trinajstić information content (AvgIpc) is 2.21. The SMILES string of the molecule is CC(Cc1ccc(Br)cc1)NC(=O)N(C)C. The molecular weight excluding hydrogens is 268 g/mol. The van der Waals surface area contributed by atoms with Gasteiger partial charge in [-0.1, -0.05) is 28.1 Å². The minimum atomic E-state index is -0.0513. The van der Waals surface area contributed by atoms with Gasteiger partial charge in [0.2, 0.25) is 0 Å². The maximum Gasteiger partial charge on any atom is 0.317 e. The molecule has 0 spiro atoms. The first kappa shape index (κ1) is 13.0. The number of rotatable bonds is 3. The van der Waals surface area contributed by atoms with Crippen LogP contribution in [0.2, 0.25) is 0 Å². The van der Waals surface area contributed by atoms with Crippen LogP contribution < -0.4 is 5.32 Å². The van der Waals surface area contributed by atoms with E-state index in [1.54, 1.807) is 14.1 Å². The van der Waals surface area contributed by atoms with Gasteiger partial charge in [0.1, 0.15) is 0 Å². The second-order valence-corrected chi connectivity index (χ2v) is 4.99. The number of halogens is 1. The van der Waals surface area contributed by atoms with Crippen LogP contribution in [0, 0.1) is 0 Å². The van der Waals surface area contributed by atoms with Gasteiger partial charge < -0.3 is 10.2 Å². The number of nitrogens with zero attached hydrogens (tertiary/aromatic N) is 1. The van der Waals surface area contributed by atoms with E-state index in [1.165, 1.54) is 10.5 Å². The molecule has 88 valence electrons. The first-order valence-corrected chi connectivity index (χ1v) is 6.00. The fraction of sp³-hybridized carbons (Fsp3) is 0.417. The van der Waals surface area contributed by atoms with Crippen LogP contribution in [0.4, 0.5) is 4.79 Å². The minimum Gasteiger partial charge on any atom is -0.335 e. The molecule has 0 aliphatic rings. The summed E-state index contributed by atoms with van der Waals surface area (Å²) in [6.07, 6.45) is 0.840. The maximum absolute atomic E-state index is 11.4. The van der Waals surface area contributed by atoms with Crippen molar-refractivity contribution in [2.24, 2.45) is 0 Å². The predicted molar refractivity (Wildman–Crippen MR) is 69.5 cm³/mol. The van der Waals surface area contributed by atoms with Crippen molar-refractivity contribution in [3.05, 3.63) is 34.3 Å². The predicted octanol–water partition coefficient (Wildman–Crippen LogP) is 2.65. The molecule has 0 aliphatic carbocycles. The first-order chi connectivity index (χ1) is 7.49. The highest BCUT2D eigenvalue weighted by Crippen LogP contribution is 2.11. The van der Waals surface area contributed by atoms with Crippen molar-refractivity contribution in [2.75, 3.05) is 14.1 Å². The Morgan fingerprint density at radius 1 is 1.38 bits per heavy atom. The molecule has 0 bridgehead atoms. The van der Waals surface area contributed by atoms with E-state index in [1.807, 2.05) is 19.1 Å². The number of hydrogen-bond acceptors (Lipinski definition) is 1. The van der Waals surface area contributed by atoms with E-state index < -0.39 is 0 Å². The third kappa shape index (κ3) is 4.23. The van der Waals surface area contributed by atoms with E-state index >= 15 is 0 Å². The van der Waals surface area contributed by atoms with Gasteiger partial charge >= 0.3 is 6.03 Å². The van der Waals surface area contributed by atoms with Crippen LogP contribution in [0.1, 0.15) is 12.5 Å². The van der Waals surface area contributed by atoms with E-state index in [0.717, 1.165) is 10.9 Å². The van der Waals surface area contributed by atoms with Crippen molar-refractivity contribution in [3.8, 4) is 0 Å². The average molecular weight is 285 g/mol. The highest BCUT2D eigenvalue weighted by atomic mass is 79.9. The Bertz CT molecular complexity index is 349. The summed E-state index contributed by atoms with van der Waals surface area (Å²) >= 11 is 3.39. The normalized spacial score (nSPS) is 12.0. The molecule has 1 unspecified atom stereocenters. The molecule has 16 heavy (non-hydrogen) atoms. The van der Waals surface area contributed by atoms with Crippen molar-refractivity contribution in [1.29, 1.82) is 0 Å². The van der Waals surface area contributed by atoms with Crippen LogP contribution in [0.5, 0.6) is 0 Å². The Kier molecular flexibility index (Phi) is 4.80. The zero-order valence-corrected chi connectivity index (χ0v) is 11.4. The molecule has 2 amide bonds. The molecule has 1 N–H and O–H groups in total. The number of benzene rings is 1. The number of carbonyl (C=O) groups is 1. The van der Waals surface area contributed by atoms with E-state index in [2.05, 4.69) is 33.4 Å². The second-order valence-electron chi connectivity index (χ2n) is 4.08. The largest absolute Gasteiger partial charge is 0.335 e. The fourth-order valence-corrected chi connectivity index (χ4v) is 1.63. The van der Waals surface area contributed by atoms with Gasteiger partial charge in [0.05, 0.1) is 0 Å². The second kappa shape index (κ2) is 5.89. The van der Waals surface area contributed by atoms with Crippen LogP contribution in [0.3, 0.4) is 0 Å². The zero-order valence-electron chi connectivity index (χ0n) is 9.83. The Morgan fingerprint density at radius 2 is 1.94 bits per heavy atom. The van der Waals surface area contributed by atoms with Gasteiger partial charge in [0.15, 0.2) is 0 Å². The van der Waals surface area contributed by atoms with Crippen molar-refractivity contribution < 1.29 is 4.79 Å². The summed E-state index contributed by atoms with van der Waals surface area (Å²) in [5.74, 6) is 0. The van der Waals surface area contributed by atoms with Gasteiger partial charge in [-0.25, -0.2) is 4.79 Å². The molecule has 0 aromatic heterocycles. The molecule has 0 aliphatic heterocycles. The summed E-state index contributed by atoms with van der Waals surface area (Å²) in [5.41, 5.74) is 1.22. The van der Waals surface area contributed by atoms with Crippen molar-refractivity contribution in [2.45, 2.75) is 19.4 Å². The lowest BCUT2D eigenvalue weighted by atomic mass is 10.1. The molecule has 1 atom stereocenters. The lowest BCUT2D eigenvalue weighted by Gasteiger charge is -2.17. The molecule has 0 heterocycles. The molecule has 4 heteroatoms. The van der Waals surface area contributed by atoms with E-state index in [9.17, 15) is 4.79 Å². The lowest BCUT2D eigenvalue weighted by Crippen LogP contribution is -2.40. The summed E-state index contributed by atoms with van der Waals surface area (Å²) < 4.78 is 1.07. The van der Waals surface area contributed by atoms with Gasteiger partial charge in [0, 0.05) is 24.6 Å². The quantitative estimate of drug-likeness (QED) is 0.909. The van der Waals surface area contributed by atoms with Crippen LogP contribution in [-0.4, -0.2) is 31.1 Å². The van der Waals surface area contributed by atoms with Gasteiger partial charge in [-0.15, -0.1) is 0 Å². The molecule has 0 fully saturated rings. The Hall–Kier alpha value is -1.03. The molecule has 0 radical (unpaired) electrons. The van der Waals surface area contributed by atoms with E-state index in [0.29, 0.717) is 0 Å². The molecule has 1 aromatic carbocycles. The Labute approximate surface area is 105 Å². The summed E-state index contributed by atoms with van der Waals surface area (Å²) in [7, 11) is 3.48. The topological polar surface area (TPSA) is 32.3 Å². The number of nitrogens with one attached hydrogen (secondary N) is 1. The summed E-state index contributed by atoms with van der Waals surface area (Å²) in [4.78, 5) is 12.9. The van der Waals surface area contributed by atoms with Gasteiger partial charge in [0.25, 0.3) is 0 Å². The molecular formula is C12H17BrN2O. The van der Waals surface area contributed by atoms with Crippen LogP contribution in [0.15, 0.2) is 28.7 Å². The minimum absolute atomic E-state index is 0.0513. The zero-order chi connectivity index (χ0) is 12.1. The van der Waals surface area contributed by atoms with E-state index in [4.69, 9.17) is 0 Å². The van der Waals surface area contributed by atoms with Crippen molar-refractivity contribution in [1.82, 2.24) is 10.2 Å². The molecule has 1 aromatic rings. The highest BCUT2D eigenvalue weighted by molar-refractivity contribution is 9.10. The third-order valence-corrected chi connectivity index (χ3v) is 2.76. The number of hydrogen-bond donors (Lipinski definition) is 1. The summed E-state index contributed by atoms with van der Waals surface area (Å²) in [6.45, 7) is 2.00. The smallest absolute Gasteiger partial charge is 0.317 e. The Balaban J connectivity index is 2.48. The maximum atomic E-state index is 11.4. The Morgan fingerprint density at radius 3 is 2.44 bits per heavy atom. The van der Waals surface area contributed by atoms with E-state index in [-0.39, 0.29) is 12.1 Å². The van der Waals surface area contributed by atoms with Crippen molar-refractivity contribution in [3.63, 3.8) is 0 Å². The highest BCUT2D eigenvalue weighted by Gasteiger charge is 2.08. The molecule has 0 saturated heterocycles. The first-order valence-electron chi connectivity index (χ1n) is 5.21. The number of urea groups is 1. The number of carbonyl (C=O) groups excluding carboxylic acids is 1. The molecule has 3 nitrogen and oxygen atoms in total. The van der Waals surface area contributed by atoms with Crippen LogP contribution in [-0.2, 0) is 6.42 Å².